The Labute approximate surface area is 360 Å². The van der Waals surface area contributed by atoms with E-state index in [4.69, 9.17) is 11.5 Å². The van der Waals surface area contributed by atoms with Gasteiger partial charge in [-0.05, 0) is 55.0 Å². The number of benzene rings is 1. The van der Waals surface area contributed by atoms with Crippen LogP contribution in [0.1, 0.15) is 87.6 Å². The van der Waals surface area contributed by atoms with Crippen molar-refractivity contribution in [1.29, 1.82) is 0 Å². The van der Waals surface area contributed by atoms with Crippen LogP contribution in [0.2, 0.25) is 0 Å². The Balaban J connectivity index is 3.46. The van der Waals surface area contributed by atoms with Gasteiger partial charge in [0, 0.05) is 47.7 Å². The van der Waals surface area contributed by atoms with Gasteiger partial charge in [-0.3, -0.25) is 33.8 Å². The molecular weight excluding hydrogens is 765 g/mol. The molecule has 0 spiro atoms. The molecule has 60 heavy (non-hydrogen) atoms. The Morgan fingerprint density at radius 3 is 1.42 bits per heavy atom. The third-order valence-corrected chi connectivity index (χ3v) is 11.0. The largest absolute Gasteiger partial charge is 0.370 e. The first-order valence-corrected chi connectivity index (χ1v) is 21.3. The first-order chi connectivity index (χ1) is 27.9. The van der Waals surface area contributed by atoms with E-state index in [9.17, 15) is 28.8 Å². The minimum atomic E-state index is -1.00. The summed E-state index contributed by atoms with van der Waals surface area (Å²) in [5.41, 5.74) is 11.7. The fourth-order valence-corrected chi connectivity index (χ4v) is 7.65. The van der Waals surface area contributed by atoms with Crippen LogP contribution in [-0.2, 0) is 35.2 Å². The van der Waals surface area contributed by atoms with Crippen LogP contribution in [-0.4, -0.2) is 146 Å². The minimum absolute atomic E-state index is 0.00544. The Bertz CT molecular complexity index is 1580. The van der Waals surface area contributed by atoms with Gasteiger partial charge in [0.2, 0.25) is 35.4 Å². The Kier molecular flexibility index (Phi) is 22.3. The van der Waals surface area contributed by atoms with Gasteiger partial charge in [0.1, 0.15) is 30.2 Å². The lowest BCUT2D eigenvalue weighted by atomic mass is 9.93. The molecule has 1 aromatic carbocycles. The van der Waals surface area contributed by atoms with Gasteiger partial charge in [0.15, 0.2) is 5.96 Å². The number of hydrogen-bond acceptors (Lipinski definition) is 8. The Morgan fingerprint density at radius 1 is 0.583 bits per heavy atom. The number of nitrogens with two attached hydrogens (primary N) is 2. The number of unbranched alkanes of at least 4 members (excludes halogenated alkanes) is 1. The molecule has 6 amide bonds. The van der Waals surface area contributed by atoms with Gasteiger partial charge in [-0.15, -0.1) is 0 Å². The average molecular weight is 843 g/mol. The summed E-state index contributed by atoms with van der Waals surface area (Å²) in [5.74, 6) is -3.81. The van der Waals surface area contributed by atoms with Crippen LogP contribution in [0.5, 0.6) is 0 Å². The molecule has 0 radical (unpaired) electrons. The van der Waals surface area contributed by atoms with Crippen LogP contribution in [0, 0.1) is 29.6 Å². The molecule has 16 heteroatoms. The number of amides is 6. The molecule has 0 heterocycles. The van der Waals surface area contributed by atoms with Crippen LogP contribution >= 0.6 is 0 Å². The standard InChI is InChI=1S/C44H78N10O6/c1-26(2)33(47-11)39(56)50-34(27(3)4)40(57)52(13)36(29(7)8)42(59)54(15)37(30(9)10)43(60)53(14)35(28(5)6)41(58)51(12)32(25-31-21-17-16-18-22-31)38(55)48-23-19-20-24-49-44(45)46/h16-18,21-22,26-30,32-37,47H,19-20,23-25H2,1-15H3,(H,48,55)(H,50,56)(H4,45,46,49)/t32-,33-,34-,35-,36-,37-/m0/s1. The van der Waals surface area contributed by atoms with Crippen molar-refractivity contribution in [3.63, 3.8) is 0 Å². The van der Waals surface area contributed by atoms with E-state index in [-0.39, 0.29) is 53.8 Å². The molecule has 0 fully saturated rings. The molecule has 0 aliphatic rings. The SMILES string of the molecule is CN[C@H](C(=O)N[C@H](C(=O)N(C)[C@H](C(=O)N(C)[C@H](C(=O)N(C)[C@H](C(=O)N(C)[C@@H](Cc1ccccc1)C(=O)NCCCCN=C(N)N)C(C)C)C(C)C)C(C)C)C(C)C)C(C)C. The lowest BCUT2D eigenvalue weighted by Crippen LogP contribution is -2.63. The maximum Gasteiger partial charge on any atom is 0.246 e. The number of likely N-dealkylation sites (N-methyl/N-ethyl adjacent to an activating group) is 5. The normalized spacial score (nSPS) is 14.5. The Hall–Kier alpha value is -4.73. The highest BCUT2D eigenvalue weighted by Gasteiger charge is 2.44. The van der Waals surface area contributed by atoms with Crippen LogP contribution < -0.4 is 27.4 Å². The van der Waals surface area contributed by atoms with Gasteiger partial charge >= 0.3 is 0 Å². The molecule has 16 nitrogen and oxygen atoms in total. The van der Waals surface area contributed by atoms with Crippen molar-refractivity contribution in [3.05, 3.63) is 35.9 Å². The zero-order valence-corrected chi connectivity index (χ0v) is 39.1. The van der Waals surface area contributed by atoms with Gasteiger partial charge in [-0.25, -0.2) is 0 Å². The highest BCUT2D eigenvalue weighted by atomic mass is 16.2. The molecule has 0 aromatic heterocycles. The summed E-state index contributed by atoms with van der Waals surface area (Å²) in [5, 5.41) is 8.87. The van der Waals surface area contributed by atoms with Crippen molar-refractivity contribution >= 4 is 41.4 Å². The maximum atomic E-state index is 14.7. The van der Waals surface area contributed by atoms with Gasteiger partial charge < -0.3 is 47.0 Å². The second kappa shape index (κ2) is 25.1. The van der Waals surface area contributed by atoms with Gasteiger partial charge in [0.25, 0.3) is 0 Å². The average Bonchev–Trinajstić information content (AvgIpc) is 3.16. The molecule has 0 aliphatic heterocycles. The van der Waals surface area contributed by atoms with E-state index in [0.29, 0.717) is 25.9 Å². The highest BCUT2D eigenvalue weighted by Crippen LogP contribution is 2.24. The summed E-state index contributed by atoms with van der Waals surface area (Å²) in [6, 6.07) is 4.15. The number of carbonyl (C=O) groups excluding carboxylic acids is 6. The lowest BCUT2D eigenvalue weighted by Gasteiger charge is -2.42. The molecule has 1 rings (SSSR count). The summed E-state index contributed by atoms with van der Waals surface area (Å²) >= 11 is 0. The first-order valence-electron chi connectivity index (χ1n) is 21.3. The van der Waals surface area contributed by atoms with Gasteiger partial charge in [0.05, 0.1) is 6.04 Å². The molecule has 340 valence electrons. The van der Waals surface area contributed by atoms with Crippen molar-refractivity contribution in [2.75, 3.05) is 48.3 Å². The number of aliphatic imine (C=N–C) groups is 1. The van der Waals surface area contributed by atoms with Gasteiger partial charge in [-0.1, -0.05) is 99.6 Å². The smallest absolute Gasteiger partial charge is 0.246 e. The minimum Gasteiger partial charge on any atom is -0.370 e. The number of hydrogen-bond donors (Lipinski definition) is 5. The fraction of sp³-hybridized carbons (Fsp3) is 0.705. The molecule has 7 N–H and O–H groups in total. The predicted molar refractivity (Wildman–Crippen MR) is 238 cm³/mol. The topological polar surface area (TPSA) is 216 Å². The van der Waals surface area contributed by atoms with Crippen LogP contribution in [0.25, 0.3) is 0 Å². The molecule has 6 atom stereocenters. The summed E-state index contributed by atoms with van der Waals surface area (Å²) < 4.78 is 0. The highest BCUT2D eigenvalue weighted by molar-refractivity contribution is 5.97. The number of guanidine groups is 1. The van der Waals surface area contributed by atoms with Gasteiger partial charge in [-0.2, -0.15) is 0 Å². The van der Waals surface area contributed by atoms with Crippen LogP contribution in [0.3, 0.4) is 0 Å². The van der Waals surface area contributed by atoms with E-state index in [1.165, 1.54) is 19.6 Å². The maximum absolute atomic E-state index is 14.7. The molecule has 0 aliphatic carbocycles. The molecule has 0 unspecified atom stereocenters. The molecular formula is C44H78N10O6. The van der Waals surface area contributed by atoms with Crippen molar-refractivity contribution < 1.29 is 28.8 Å². The quantitative estimate of drug-likeness (QED) is 0.0585. The van der Waals surface area contributed by atoms with Crippen molar-refractivity contribution in [3.8, 4) is 0 Å². The predicted octanol–water partition coefficient (Wildman–Crippen LogP) is 2.06. The number of carbonyl (C=O) groups is 6. The molecule has 0 saturated heterocycles. The van der Waals surface area contributed by atoms with E-state index < -0.39 is 59.9 Å². The van der Waals surface area contributed by atoms with E-state index in [0.717, 1.165) is 5.56 Å². The summed E-state index contributed by atoms with van der Waals surface area (Å²) in [7, 11) is 7.92. The number of rotatable bonds is 24. The third-order valence-electron chi connectivity index (χ3n) is 11.0. The molecule has 1 aromatic rings. The third kappa shape index (κ3) is 15.1. The summed E-state index contributed by atoms with van der Waals surface area (Å²) in [6.07, 6.45) is 1.53. The van der Waals surface area contributed by atoms with Crippen molar-refractivity contribution in [1.82, 2.24) is 35.6 Å². The number of nitrogens with zero attached hydrogens (tertiary/aromatic N) is 5. The lowest BCUT2D eigenvalue weighted by molar-refractivity contribution is -0.157. The molecule has 0 bridgehead atoms. The first kappa shape index (κ1) is 53.3. The Morgan fingerprint density at radius 2 is 1.02 bits per heavy atom. The fourth-order valence-electron chi connectivity index (χ4n) is 7.65. The molecule has 0 saturated carbocycles. The van der Waals surface area contributed by atoms with Crippen LogP contribution in [0.4, 0.5) is 0 Å². The number of nitrogens with one attached hydrogen (secondary N) is 3. The zero-order chi connectivity index (χ0) is 46.2. The van der Waals surface area contributed by atoms with E-state index in [2.05, 4.69) is 20.9 Å². The van der Waals surface area contributed by atoms with Crippen LogP contribution in [0.15, 0.2) is 35.3 Å². The second-order valence-electron chi connectivity index (χ2n) is 17.6. The monoisotopic (exact) mass is 843 g/mol. The summed E-state index contributed by atoms with van der Waals surface area (Å²) in [6.45, 7) is 19.3. The van der Waals surface area contributed by atoms with E-state index >= 15 is 0 Å². The van der Waals surface area contributed by atoms with E-state index in [1.54, 1.807) is 35.2 Å². The second-order valence-corrected chi connectivity index (χ2v) is 17.6. The zero-order valence-electron chi connectivity index (χ0n) is 39.1. The van der Waals surface area contributed by atoms with Crippen molar-refractivity contribution in [2.45, 2.75) is 125 Å². The van der Waals surface area contributed by atoms with Crippen molar-refractivity contribution in [2.24, 2.45) is 46.0 Å². The van der Waals surface area contributed by atoms with E-state index in [1.807, 2.05) is 99.6 Å². The summed E-state index contributed by atoms with van der Waals surface area (Å²) in [4.78, 5) is 94.4.